The predicted molar refractivity (Wildman–Crippen MR) is 87.5 cm³/mol. The van der Waals surface area contributed by atoms with Crippen LogP contribution in [0.15, 0.2) is 0 Å². The van der Waals surface area contributed by atoms with E-state index in [-0.39, 0.29) is 6.09 Å². The predicted octanol–water partition coefficient (Wildman–Crippen LogP) is 3.80. The van der Waals surface area contributed by atoms with Gasteiger partial charge < -0.3 is 15.0 Å². The molecule has 1 aliphatic carbocycles. The van der Waals surface area contributed by atoms with E-state index < -0.39 is 5.60 Å². The van der Waals surface area contributed by atoms with Crippen molar-refractivity contribution >= 4 is 6.09 Å². The van der Waals surface area contributed by atoms with Crippen molar-refractivity contribution in [3.05, 3.63) is 0 Å². The summed E-state index contributed by atoms with van der Waals surface area (Å²) in [5.74, 6) is 0.928. The highest BCUT2D eigenvalue weighted by molar-refractivity contribution is 5.68. The van der Waals surface area contributed by atoms with E-state index in [0.717, 1.165) is 19.0 Å². The first kappa shape index (κ1) is 18.3. The third-order valence-corrected chi connectivity index (χ3v) is 4.27. The van der Waals surface area contributed by atoms with Gasteiger partial charge in [-0.3, -0.25) is 0 Å². The Hall–Kier alpha value is -0.770. The SMILES string of the molecule is CCC1CCC(NCCN(CC)C(=O)OC(C)(C)C)CC1. The summed E-state index contributed by atoms with van der Waals surface area (Å²) in [5, 5.41) is 3.60. The topological polar surface area (TPSA) is 41.6 Å². The van der Waals surface area contributed by atoms with Crippen molar-refractivity contribution in [3.63, 3.8) is 0 Å². The first-order chi connectivity index (χ1) is 9.85. The fourth-order valence-corrected chi connectivity index (χ4v) is 2.88. The molecule has 21 heavy (non-hydrogen) atoms. The summed E-state index contributed by atoms with van der Waals surface area (Å²) >= 11 is 0. The number of amides is 1. The third-order valence-electron chi connectivity index (χ3n) is 4.27. The van der Waals surface area contributed by atoms with E-state index in [1.165, 1.54) is 32.1 Å². The van der Waals surface area contributed by atoms with Crippen LogP contribution in [-0.4, -0.2) is 42.3 Å². The summed E-state index contributed by atoms with van der Waals surface area (Å²) in [4.78, 5) is 13.8. The molecule has 1 saturated carbocycles. The zero-order chi connectivity index (χ0) is 15.9. The minimum atomic E-state index is -0.420. The molecule has 0 aromatic heterocycles. The zero-order valence-corrected chi connectivity index (χ0v) is 14.6. The molecule has 4 heteroatoms. The Kier molecular flexibility index (Phi) is 7.50. The molecule has 0 radical (unpaired) electrons. The van der Waals surface area contributed by atoms with Crippen LogP contribution in [-0.2, 0) is 4.74 Å². The summed E-state index contributed by atoms with van der Waals surface area (Å²) in [6.45, 7) is 12.3. The van der Waals surface area contributed by atoms with Crippen LogP contribution in [0.25, 0.3) is 0 Å². The lowest BCUT2D eigenvalue weighted by Gasteiger charge is -2.30. The Balaban J connectivity index is 2.25. The van der Waals surface area contributed by atoms with Crippen LogP contribution in [0.5, 0.6) is 0 Å². The second-order valence-corrected chi connectivity index (χ2v) is 7.14. The van der Waals surface area contributed by atoms with Gasteiger partial charge in [-0.2, -0.15) is 0 Å². The van der Waals surface area contributed by atoms with Crippen LogP contribution in [0.2, 0.25) is 0 Å². The Bertz CT molecular complexity index is 304. The molecule has 1 fully saturated rings. The quantitative estimate of drug-likeness (QED) is 0.811. The number of carbonyl (C=O) groups excluding carboxylic acids is 1. The van der Waals surface area contributed by atoms with Crippen LogP contribution in [0.3, 0.4) is 0 Å². The van der Waals surface area contributed by atoms with E-state index >= 15 is 0 Å². The molecule has 0 atom stereocenters. The van der Waals surface area contributed by atoms with Crippen LogP contribution >= 0.6 is 0 Å². The normalized spacial score (nSPS) is 22.9. The van der Waals surface area contributed by atoms with Crippen LogP contribution in [0.4, 0.5) is 4.79 Å². The van der Waals surface area contributed by atoms with Crippen LogP contribution in [0, 0.1) is 5.92 Å². The molecule has 1 aliphatic rings. The maximum Gasteiger partial charge on any atom is 0.410 e. The van der Waals surface area contributed by atoms with Crippen molar-refractivity contribution in [2.75, 3.05) is 19.6 Å². The molecule has 124 valence electrons. The minimum absolute atomic E-state index is 0.207. The molecular formula is C17H34N2O2. The van der Waals surface area contributed by atoms with E-state index in [4.69, 9.17) is 4.74 Å². The maximum absolute atomic E-state index is 12.0. The van der Waals surface area contributed by atoms with E-state index in [9.17, 15) is 4.79 Å². The highest BCUT2D eigenvalue weighted by Gasteiger charge is 2.22. The lowest BCUT2D eigenvalue weighted by atomic mass is 9.84. The van der Waals surface area contributed by atoms with Gasteiger partial charge in [-0.05, 0) is 59.3 Å². The lowest BCUT2D eigenvalue weighted by molar-refractivity contribution is 0.0260. The Morgan fingerprint density at radius 2 is 1.81 bits per heavy atom. The van der Waals surface area contributed by atoms with Crippen LogP contribution < -0.4 is 5.32 Å². The van der Waals surface area contributed by atoms with Gasteiger partial charge in [0.05, 0.1) is 0 Å². The zero-order valence-electron chi connectivity index (χ0n) is 14.6. The van der Waals surface area contributed by atoms with Gasteiger partial charge in [-0.15, -0.1) is 0 Å². The van der Waals surface area contributed by atoms with E-state index in [1.54, 1.807) is 4.90 Å². The first-order valence-electron chi connectivity index (χ1n) is 8.57. The number of nitrogens with one attached hydrogen (secondary N) is 1. The standard InChI is InChI=1S/C17H34N2O2/c1-6-14-8-10-15(11-9-14)18-12-13-19(7-2)16(20)21-17(3,4)5/h14-15,18H,6-13H2,1-5H3. The van der Waals surface area contributed by atoms with E-state index in [2.05, 4.69) is 12.2 Å². The third kappa shape index (κ3) is 7.16. The molecule has 4 nitrogen and oxygen atoms in total. The number of ether oxygens (including phenoxy) is 1. The van der Waals surface area contributed by atoms with Crippen LogP contribution in [0.1, 0.15) is 66.7 Å². The van der Waals surface area contributed by atoms with Crippen molar-refractivity contribution in [2.24, 2.45) is 5.92 Å². The van der Waals surface area contributed by atoms with Gasteiger partial charge in [0.25, 0.3) is 0 Å². The second kappa shape index (κ2) is 8.62. The van der Waals surface area contributed by atoms with Gasteiger partial charge in [-0.1, -0.05) is 13.3 Å². The monoisotopic (exact) mass is 298 g/mol. The first-order valence-corrected chi connectivity index (χ1v) is 8.57. The average molecular weight is 298 g/mol. The molecule has 0 spiro atoms. The summed E-state index contributed by atoms with van der Waals surface area (Å²) in [6, 6.07) is 0.630. The molecule has 1 amide bonds. The van der Waals surface area contributed by atoms with Crippen molar-refractivity contribution in [1.29, 1.82) is 0 Å². The number of likely N-dealkylation sites (N-methyl/N-ethyl adjacent to an activating group) is 1. The van der Waals surface area contributed by atoms with Gasteiger partial charge in [0, 0.05) is 25.7 Å². The Morgan fingerprint density at radius 1 is 1.19 bits per heavy atom. The molecular weight excluding hydrogens is 264 g/mol. The molecule has 0 aromatic carbocycles. The highest BCUT2D eigenvalue weighted by Crippen LogP contribution is 2.26. The fourth-order valence-electron chi connectivity index (χ4n) is 2.88. The largest absolute Gasteiger partial charge is 0.444 e. The van der Waals surface area contributed by atoms with Crippen molar-refractivity contribution in [3.8, 4) is 0 Å². The summed E-state index contributed by atoms with van der Waals surface area (Å²) in [6.07, 6.45) is 6.35. The minimum Gasteiger partial charge on any atom is -0.444 e. The average Bonchev–Trinajstić information content (AvgIpc) is 2.42. The van der Waals surface area contributed by atoms with Gasteiger partial charge in [0.15, 0.2) is 0 Å². The molecule has 0 aliphatic heterocycles. The molecule has 1 N–H and O–H groups in total. The van der Waals surface area contributed by atoms with Crippen molar-refractivity contribution in [2.45, 2.75) is 78.4 Å². The summed E-state index contributed by atoms with van der Waals surface area (Å²) in [7, 11) is 0. The number of nitrogens with zero attached hydrogens (tertiary/aromatic N) is 1. The number of rotatable bonds is 6. The Labute approximate surface area is 130 Å². The van der Waals surface area contributed by atoms with Crippen molar-refractivity contribution in [1.82, 2.24) is 10.2 Å². The van der Waals surface area contributed by atoms with Gasteiger partial charge in [-0.25, -0.2) is 4.79 Å². The van der Waals surface area contributed by atoms with Crippen molar-refractivity contribution < 1.29 is 9.53 Å². The van der Waals surface area contributed by atoms with E-state index in [1.807, 2.05) is 27.7 Å². The summed E-state index contributed by atoms with van der Waals surface area (Å²) < 4.78 is 5.42. The molecule has 1 rings (SSSR count). The molecule has 0 aromatic rings. The van der Waals surface area contributed by atoms with Gasteiger partial charge in [0.2, 0.25) is 0 Å². The molecule has 0 heterocycles. The maximum atomic E-state index is 12.0. The highest BCUT2D eigenvalue weighted by atomic mass is 16.6. The molecule has 0 unspecified atom stereocenters. The van der Waals surface area contributed by atoms with Gasteiger partial charge in [0.1, 0.15) is 5.60 Å². The lowest BCUT2D eigenvalue weighted by Crippen LogP contribution is -2.43. The summed E-state index contributed by atoms with van der Waals surface area (Å²) in [5.41, 5.74) is -0.420. The number of hydrogen-bond acceptors (Lipinski definition) is 3. The Morgan fingerprint density at radius 3 is 2.29 bits per heavy atom. The van der Waals surface area contributed by atoms with Gasteiger partial charge >= 0.3 is 6.09 Å². The second-order valence-electron chi connectivity index (χ2n) is 7.14. The smallest absolute Gasteiger partial charge is 0.410 e. The molecule has 0 bridgehead atoms. The van der Waals surface area contributed by atoms with E-state index in [0.29, 0.717) is 12.6 Å². The number of carbonyl (C=O) groups is 1. The fraction of sp³-hybridized carbons (Fsp3) is 0.941. The number of hydrogen-bond donors (Lipinski definition) is 1. The molecule has 0 saturated heterocycles.